The Bertz CT molecular complexity index is 1940. The number of ether oxygens (including phenoxy) is 1. The molecule has 0 amide bonds. The molecule has 0 bridgehead atoms. The number of aliphatic carboxylic acids is 1. The van der Waals surface area contributed by atoms with E-state index in [0.29, 0.717) is 49.3 Å². The van der Waals surface area contributed by atoms with E-state index in [1.54, 1.807) is 19.9 Å². The Kier molecular flexibility index (Phi) is 10.1. The molecule has 5 aliphatic rings. The first-order chi connectivity index (χ1) is 26.1. The number of nitrogens with two attached hydrogens (primary N) is 1. The molecule has 11 heteroatoms. The highest BCUT2D eigenvalue weighted by molar-refractivity contribution is 6.00. The number of ketones is 1. The van der Waals surface area contributed by atoms with Gasteiger partial charge in [0.1, 0.15) is 23.4 Å². The second-order valence-electron chi connectivity index (χ2n) is 20.6. The summed E-state index contributed by atoms with van der Waals surface area (Å²) in [5.41, 5.74) is 7.37. The van der Waals surface area contributed by atoms with Crippen LogP contribution >= 0.6 is 0 Å². The van der Waals surface area contributed by atoms with Crippen molar-refractivity contribution < 1.29 is 28.6 Å². The van der Waals surface area contributed by atoms with E-state index in [9.17, 15) is 23.9 Å². The van der Waals surface area contributed by atoms with E-state index in [4.69, 9.17) is 15.6 Å². The molecule has 0 saturated heterocycles. The Hall–Kier alpha value is -3.47. The van der Waals surface area contributed by atoms with Gasteiger partial charge in [-0.1, -0.05) is 54.0 Å². The van der Waals surface area contributed by atoms with Crippen LogP contribution in [0.1, 0.15) is 132 Å². The Morgan fingerprint density at radius 3 is 2.38 bits per heavy atom. The predicted octanol–water partition coefficient (Wildman–Crippen LogP) is 8.37. The number of halogens is 1. The molecule has 7 rings (SSSR count). The maximum Gasteiger partial charge on any atom is 0.309 e. The lowest BCUT2D eigenvalue weighted by Gasteiger charge is -2.72. The SMILES string of the molecule is CC(C)C1=C2[C@H]3CC[C@@H]4[C@@]5(C)CC[C@H](OC(=O)CC(C)(C)C(=O)O)C(C)(C)[C@@H]5CC[C@@]4(C)[C@]3(C)CC[C@@]2(Cc2nnc(-c3ccc(F)cn3)n2CCN)CC1=O. The molecule has 0 radical (unpaired) electrons. The Morgan fingerprint density at radius 2 is 1.73 bits per heavy atom. The molecule has 5 aliphatic carbocycles. The monoisotopic (exact) mass is 773 g/mol. The highest BCUT2D eigenvalue weighted by atomic mass is 19.1. The number of fused-ring (bicyclic) bond motifs is 7. The van der Waals surface area contributed by atoms with Crippen molar-refractivity contribution in [2.24, 2.45) is 61.9 Å². The van der Waals surface area contributed by atoms with Crippen LogP contribution in [0, 0.1) is 62.0 Å². The highest BCUT2D eigenvalue weighted by Gasteiger charge is 2.70. The van der Waals surface area contributed by atoms with Crippen molar-refractivity contribution in [2.75, 3.05) is 6.54 Å². The molecule has 8 atom stereocenters. The smallest absolute Gasteiger partial charge is 0.309 e. The van der Waals surface area contributed by atoms with Gasteiger partial charge >= 0.3 is 11.9 Å². The molecule has 56 heavy (non-hydrogen) atoms. The number of carbonyl (C=O) groups excluding carboxylic acids is 2. The number of esters is 1. The van der Waals surface area contributed by atoms with Crippen LogP contribution < -0.4 is 5.73 Å². The zero-order valence-corrected chi connectivity index (χ0v) is 35.1. The highest BCUT2D eigenvalue weighted by Crippen LogP contribution is 2.77. The van der Waals surface area contributed by atoms with Crippen LogP contribution in [0.5, 0.6) is 0 Å². The molecule has 10 nitrogen and oxygen atoms in total. The standard InChI is InChI=1S/C45H64FN5O5/c1-26(2)36-30(52)22-45(23-34-49-50-38(51(34)21-20-47)29-12-10-27(46)25-48-29)19-18-43(8)28(37(36)45)11-13-32-42(7)16-15-33(56-35(53)24-40(3,4)39(54)55)41(5,6)31(42)14-17-44(32,43)9/h10,12,25-26,28,31-33H,11,13-24,47H2,1-9H3,(H,54,55)/t28-,31+,32-,33+,42+,43-,44-,45+/m1/s1. The van der Waals surface area contributed by atoms with E-state index in [-0.39, 0.29) is 57.2 Å². The molecule has 4 saturated carbocycles. The van der Waals surface area contributed by atoms with Gasteiger partial charge in [-0.25, -0.2) is 9.37 Å². The van der Waals surface area contributed by atoms with E-state index in [1.165, 1.54) is 17.8 Å². The van der Waals surface area contributed by atoms with E-state index in [2.05, 4.69) is 58.5 Å². The number of allylic oxidation sites excluding steroid dienone is 2. The molecule has 0 spiro atoms. The molecular formula is C45H64FN5O5. The summed E-state index contributed by atoms with van der Waals surface area (Å²) >= 11 is 0. The summed E-state index contributed by atoms with van der Waals surface area (Å²) < 4.78 is 22.0. The zero-order chi connectivity index (χ0) is 40.8. The molecule has 0 aromatic carbocycles. The van der Waals surface area contributed by atoms with Gasteiger partial charge in [-0.3, -0.25) is 14.4 Å². The summed E-state index contributed by atoms with van der Waals surface area (Å²) in [4.78, 5) is 43.5. The molecule has 306 valence electrons. The van der Waals surface area contributed by atoms with Crippen LogP contribution in [0.3, 0.4) is 0 Å². The van der Waals surface area contributed by atoms with Gasteiger partial charge in [0.2, 0.25) is 0 Å². The van der Waals surface area contributed by atoms with Gasteiger partial charge in [0.25, 0.3) is 0 Å². The number of aromatic nitrogens is 4. The van der Waals surface area contributed by atoms with Crippen molar-refractivity contribution in [1.82, 2.24) is 19.7 Å². The molecule has 0 unspecified atom stereocenters. The molecule has 4 fully saturated rings. The number of hydrogen-bond acceptors (Lipinski definition) is 8. The van der Waals surface area contributed by atoms with Gasteiger partial charge < -0.3 is 20.1 Å². The minimum atomic E-state index is -1.18. The number of carbonyl (C=O) groups is 3. The lowest BCUT2D eigenvalue weighted by molar-refractivity contribution is -0.233. The van der Waals surface area contributed by atoms with Gasteiger partial charge in [-0.05, 0) is 123 Å². The summed E-state index contributed by atoms with van der Waals surface area (Å²) in [6.07, 6.45) is 9.76. The first-order valence-electron chi connectivity index (χ1n) is 21.1. The van der Waals surface area contributed by atoms with Crippen molar-refractivity contribution in [3.8, 4) is 11.5 Å². The maximum atomic E-state index is 14.3. The summed E-state index contributed by atoms with van der Waals surface area (Å²) in [5, 5.41) is 18.9. The average Bonchev–Trinajstić information content (AvgIpc) is 3.63. The lowest BCUT2D eigenvalue weighted by atomic mass is 9.33. The minimum absolute atomic E-state index is 0.0164. The lowest BCUT2D eigenvalue weighted by Crippen LogP contribution is -2.65. The first-order valence-corrected chi connectivity index (χ1v) is 21.1. The van der Waals surface area contributed by atoms with E-state index < -0.39 is 23.2 Å². The largest absolute Gasteiger partial charge is 0.481 e. The van der Waals surface area contributed by atoms with E-state index in [0.717, 1.165) is 62.8 Å². The summed E-state index contributed by atoms with van der Waals surface area (Å²) in [6.45, 7) is 20.5. The number of carboxylic acids is 1. The van der Waals surface area contributed by atoms with E-state index >= 15 is 0 Å². The fourth-order valence-electron chi connectivity index (χ4n) is 13.6. The molecule has 3 N–H and O–H groups in total. The van der Waals surface area contributed by atoms with Crippen LogP contribution in [0.4, 0.5) is 4.39 Å². The summed E-state index contributed by atoms with van der Waals surface area (Å²) in [7, 11) is 0. The van der Waals surface area contributed by atoms with Crippen molar-refractivity contribution in [3.05, 3.63) is 41.1 Å². The summed E-state index contributed by atoms with van der Waals surface area (Å²) in [5.74, 6) is 1.01. The predicted molar refractivity (Wildman–Crippen MR) is 211 cm³/mol. The third kappa shape index (κ3) is 6.10. The normalized spacial score (nSPS) is 35.1. The first kappa shape index (κ1) is 40.7. The molecule has 0 aliphatic heterocycles. The van der Waals surface area contributed by atoms with Crippen LogP contribution in [-0.2, 0) is 32.1 Å². The number of nitrogens with zero attached hydrogens (tertiary/aromatic N) is 4. The Labute approximate surface area is 332 Å². The van der Waals surface area contributed by atoms with Crippen LogP contribution in [-0.4, -0.2) is 55.2 Å². The van der Waals surface area contributed by atoms with E-state index in [1.807, 2.05) is 4.57 Å². The third-order valence-electron chi connectivity index (χ3n) is 16.6. The van der Waals surface area contributed by atoms with Crippen molar-refractivity contribution in [3.63, 3.8) is 0 Å². The van der Waals surface area contributed by atoms with Gasteiger partial charge in [0, 0.05) is 36.8 Å². The van der Waals surface area contributed by atoms with Crippen molar-refractivity contribution in [1.29, 1.82) is 0 Å². The summed E-state index contributed by atoms with van der Waals surface area (Å²) in [6, 6.07) is 3.01. The molecule has 2 heterocycles. The van der Waals surface area contributed by atoms with Crippen molar-refractivity contribution >= 4 is 17.7 Å². The molecular weight excluding hydrogens is 710 g/mol. The second-order valence-corrected chi connectivity index (χ2v) is 20.6. The van der Waals surface area contributed by atoms with Crippen LogP contribution in [0.15, 0.2) is 29.5 Å². The third-order valence-corrected chi connectivity index (χ3v) is 16.6. The quantitative estimate of drug-likeness (QED) is 0.227. The van der Waals surface area contributed by atoms with Crippen molar-refractivity contribution in [2.45, 2.75) is 146 Å². The fraction of sp³-hybridized carbons (Fsp3) is 0.733. The number of carboxylic acid groups (broad SMARTS) is 1. The minimum Gasteiger partial charge on any atom is -0.481 e. The molecule has 2 aromatic heterocycles. The zero-order valence-electron chi connectivity index (χ0n) is 35.1. The number of rotatable bonds is 10. The second kappa shape index (κ2) is 13.8. The van der Waals surface area contributed by atoms with Gasteiger partial charge in [-0.2, -0.15) is 0 Å². The maximum absolute atomic E-state index is 14.3. The van der Waals surface area contributed by atoms with Gasteiger partial charge in [0.15, 0.2) is 11.6 Å². The van der Waals surface area contributed by atoms with Gasteiger partial charge in [-0.15, -0.1) is 10.2 Å². The average molecular weight is 774 g/mol. The van der Waals surface area contributed by atoms with Crippen LogP contribution in [0.25, 0.3) is 11.5 Å². The number of Topliss-reactive ketones (excluding diaryl/α,β-unsaturated/α-hetero) is 1. The Morgan fingerprint density at radius 1 is 1.00 bits per heavy atom. The topological polar surface area (TPSA) is 150 Å². The Balaban J connectivity index is 1.20. The number of pyridine rings is 1. The fourth-order valence-corrected chi connectivity index (χ4v) is 13.6. The molecule has 2 aromatic rings. The van der Waals surface area contributed by atoms with Gasteiger partial charge in [0.05, 0.1) is 18.0 Å². The van der Waals surface area contributed by atoms with Crippen LogP contribution in [0.2, 0.25) is 0 Å². The number of hydrogen-bond donors (Lipinski definition) is 2.